The summed E-state index contributed by atoms with van der Waals surface area (Å²) in [6, 6.07) is -3.73. The van der Waals surface area contributed by atoms with E-state index in [-0.39, 0.29) is 11.4 Å². The fraction of sp³-hybridized carbons (Fsp3) is 0.714. The molecule has 1 aromatic rings. The summed E-state index contributed by atoms with van der Waals surface area (Å²) < 4.78 is 59.9. The zero-order valence-corrected chi connectivity index (χ0v) is 14.9. The number of carbonyl (C=O) groups is 1. The predicted octanol–water partition coefficient (Wildman–Crippen LogP) is 2.71. The van der Waals surface area contributed by atoms with Crippen molar-refractivity contribution in [3.63, 3.8) is 0 Å². The van der Waals surface area contributed by atoms with Crippen molar-refractivity contribution in [1.82, 2.24) is 14.7 Å². The summed E-state index contributed by atoms with van der Waals surface area (Å²) in [5, 5.41) is 14.6. The van der Waals surface area contributed by atoms with Crippen LogP contribution in [0.25, 0.3) is 0 Å². The third-order valence-corrected chi connectivity index (χ3v) is 3.58. The first-order valence-corrected chi connectivity index (χ1v) is 7.93. The van der Waals surface area contributed by atoms with E-state index in [9.17, 15) is 32.5 Å². The van der Waals surface area contributed by atoms with Crippen molar-refractivity contribution in [1.29, 1.82) is 0 Å². The van der Waals surface area contributed by atoms with E-state index >= 15 is 0 Å². The van der Waals surface area contributed by atoms with Crippen LogP contribution in [0.3, 0.4) is 0 Å². The first-order valence-electron chi connectivity index (χ1n) is 7.93. The first kappa shape index (κ1) is 20.7. The van der Waals surface area contributed by atoms with Crippen LogP contribution in [0.4, 0.5) is 33.9 Å². The van der Waals surface area contributed by atoms with Crippen LogP contribution in [0, 0.1) is 10.1 Å². The number of amides is 1. The van der Waals surface area contributed by atoms with Gasteiger partial charge in [0, 0.05) is 13.1 Å². The van der Waals surface area contributed by atoms with Crippen molar-refractivity contribution in [3.05, 3.63) is 16.3 Å². The summed E-state index contributed by atoms with van der Waals surface area (Å²) >= 11 is 0. The number of ether oxygens (including phenoxy) is 1. The average molecular weight is 397 g/mol. The lowest BCUT2D eigenvalue weighted by Crippen LogP contribution is -2.60. The molecular weight excluding hydrogens is 378 g/mol. The molecule has 1 amide bonds. The Balaban J connectivity index is 2.28. The molecule has 1 aliphatic heterocycles. The van der Waals surface area contributed by atoms with Gasteiger partial charge in [-0.1, -0.05) is 0 Å². The lowest BCUT2D eigenvalue weighted by Gasteiger charge is -2.41. The molecule has 0 aliphatic carbocycles. The van der Waals surface area contributed by atoms with Gasteiger partial charge in [-0.3, -0.25) is 10.1 Å². The normalized spacial score (nSPS) is 17.3. The number of alkyl halides is 4. The fourth-order valence-electron chi connectivity index (χ4n) is 2.59. The summed E-state index contributed by atoms with van der Waals surface area (Å²) in [5.74, 6) is -0.455. The third kappa shape index (κ3) is 4.77. The SMILES string of the molecule is CC(C)(C)OC(=O)N1CCN(c2c([N+](=O)[O-])cnn2CC(F)F)CC1(F)F. The number of carbonyl (C=O) groups excluding carboxylic acids is 1. The molecule has 2 rings (SSSR count). The van der Waals surface area contributed by atoms with Crippen LogP contribution in [0.15, 0.2) is 6.20 Å². The molecule has 2 heterocycles. The van der Waals surface area contributed by atoms with E-state index in [0.29, 0.717) is 4.68 Å². The number of nitro groups is 1. The van der Waals surface area contributed by atoms with Gasteiger partial charge in [0.25, 0.3) is 6.43 Å². The molecule has 0 aromatic carbocycles. The number of halogens is 4. The average Bonchev–Trinajstić information content (AvgIpc) is 2.86. The molecule has 0 radical (unpaired) electrons. The Kier molecular flexibility index (Phi) is 5.52. The van der Waals surface area contributed by atoms with E-state index in [0.717, 1.165) is 11.1 Å². The van der Waals surface area contributed by atoms with Gasteiger partial charge in [0.15, 0.2) is 0 Å². The molecular formula is C14H19F4N5O4. The number of nitrogens with zero attached hydrogens (tertiary/aromatic N) is 5. The molecule has 152 valence electrons. The van der Waals surface area contributed by atoms with Crippen molar-refractivity contribution in [2.45, 2.75) is 45.4 Å². The maximum Gasteiger partial charge on any atom is 0.415 e. The maximum atomic E-state index is 14.5. The Morgan fingerprint density at radius 2 is 2.04 bits per heavy atom. The van der Waals surface area contributed by atoms with Crippen LogP contribution >= 0.6 is 0 Å². The highest BCUT2D eigenvalue weighted by molar-refractivity contribution is 5.69. The van der Waals surface area contributed by atoms with Gasteiger partial charge in [0.05, 0.1) is 4.92 Å². The summed E-state index contributed by atoms with van der Waals surface area (Å²) in [6.45, 7) is 1.69. The van der Waals surface area contributed by atoms with Crippen LogP contribution in [0.5, 0.6) is 0 Å². The molecule has 1 aromatic heterocycles. The van der Waals surface area contributed by atoms with Crippen molar-refractivity contribution in [3.8, 4) is 0 Å². The Hall–Kier alpha value is -2.60. The minimum atomic E-state index is -3.73. The van der Waals surface area contributed by atoms with Crippen molar-refractivity contribution >= 4 is 17.6 Å². The molecule has 0 spiro atoms. The molecule has 0 bridgehead atoms. The monoisotopic (exact) mass is 397 g/mol. The zero-order chi connectivity index (χ0) is 20.6. The molecule has 0 atom stereocenters. The highest BCUT2D eigenvalue weighted by atomic mass is 19.3. The topological polar surface area (TPSA) is 93.7 Å². The summed E-state index contributed by atoms with van der Waals surface area (Å²) in [6.07, 6.45) is -3.38. The molecule has 0 saturated carbocycles. The predicted molar refractivity (Wildman–Crippen MR) is 85.0 cm³/mol. The van der Waals surface area contributed by atoms with E-state index in [2.05, 4.69) is 5.10 Å². The smallest absolute Gasteiger partial charge is 0.415 e. The number of anilines is 1. The Labute approximate surface area is 151 Å². The van der Waals surface area contributed by atoms with Crippen molar-refractivity contribution < 1.29 is 32.0 Å². The molecule has 1 fully saturated rings. The first-order chi connectivity index (χ1) is 12.3. The van der Waals surface area contributed by atoms with Gasteiger partial charge < -0.3 is 9.64 Å². The largest absolute Gasteiger partial charge is 0.444 e. The van der Waals surface area contributed by atoms with Crippen LogP contribution in [0.1, 0.15) is 20.8 Å². The van der Waals surface area contributed by atoms with Gasteiger partial charge >= 0.3 is 17.8 Å². The minimum absolute atomic E-state index is 0.217. The minimum Gasteiger partial charge on any atom is -0.444 e. The van der Waals surface area contributed by atoms with Crippen LogP contribution in [-0.2, 0) is 11.3 Å². The Morgan fingerprint density at radius 1 is 1.41 bits per heavy atom. The lowest BCUT2D eigenvalue weighted by atomic mass is 10.2. The van der Waals surface area contributed by atoms with Gasteiger partial charge in [-0.15, -0.1) is 0 Å². The van der Waals surface area contributed by atoms with E-state index in [1.807, 2.05) is 0 Å². The van der Waals surface area contributed by atoms with Gasteiger partial charge in [-0.25, -0.2) is 23.2 Å². The van der Waals surface area contributed by atoms with Gasteiger partial charge in [-0.2, -0.15) is 13.9 Å². The van der Waals surface area contributed by atoms with Crippen LogP contribution in [-0.4, -0.2) is 63.4 Å². The third-order valence-electron chi connectivity index (χ3n) is 3.58. The summed E-state index contributed by atoms with van der Waals surface area (Å²) in [7, 11) is 0. The van der Waals surface area contributed by atoms with E-state index < -0.39 is 60.2 Å². The molecule has 1 saturated heterocycles. The molecule has 0 unspecified atom stereocenters. The lowest BCUT2D eigenvalue weighted by molar-refractivity contribution is -0.384. The second kappa shape index (κ2) is 7.19. The quantitative estimate of drug-likeness (QED) is 0.336. The molecule has 0 N–H and O–H groups in total. The summed E-state index contributed by atoms with van der Waals surface area (Å²) in [4.78, 5) is 23.3. The van der Waals surface area contributed by atoms with Crippen LogP contribution < -0.4 is 4.90 Å². The number of hydrogen-bond donors (Lipinski definition) is 0. The highest BCUT2D eigenvalue weighted by Crippen LogP contribution is 2.34. The number of rotatable bonds is 4. The molecule has 13 heteroatoms. The van der Waals surface area contributed by atoms with Gasteiger partial charge in [0.1, 0.15) is 24.9 Å². The van der Waals surface area contributed by atoms with Crippen molar-refractivity contribution in [2.75, 3.05) is 24.5 Å². The Bertz CT molecular complexity index is 719. The number of aromatic nitrogens is 2. The fourth-order valence-corrected chi connectivity index (χ4v) is 2.59. The molecule has 9 nitrogen and oxygen atoms in total. The van der Waals surface area contributed by atoms with Gasteiger partial charge in [-0.05, 0) is 20.8 Å². The standard InChI is InChI=1S/C14H19F4N5O4/c1-13(2,3)27-12(24)21-5-4-20(8-14(21,17)18)11-9(23(25)26)6-19-22(11)7-10(15)16/h6,10H,4-5,7-8H2,1-3H3. The van der Waals surface area contributed by atoms with E-state index in [1.54, 1.807) is 0 Å². The van der Waals surface area contributed by atoms with E-state index in [1.165, 1.54) is 20.8 Å². The number of hydrogen-bond acceptors (Lipinski definition) is 6. The van der Waals surface area contributed by atoms with Gasteiger partial charge in [0.2, 0.25) is 5.82 Å². The maximum absolute atomic E-state index is 14.5. The summed E-state index contributed by atoms with van der Waals surface area (Å²) in [5.41, 5.74) is -1.66. The van der Waals surface area contributed by atoms with Crippen molar-refractivity contribution in [2.24, 2.45) is 0 Å². The zero-order valence-electron chi connectivity index (χ0n) is 14.9. The molecule has 1 aliphatic rings. The second-order valence-electron chi connectivity index (χ2n) is 6.90. The highest BCUT2D eigenvalue weighted by Gasteiger charge is 2.48. The van der Waals surface area contributed by atoms with Crippen LogP contribution in [0.2, 0.25) is 0 Å². The number of piperazine rings is 1. The Morgan fingerprint density at radius 3 is 2.52 bits per heavy atom. The van der Waals surface area contributed by atoms with E-state index in [4.69, 9.17) is 4.74 Å². The second-order valence-corrected chi connectivity index (χ2v) is 6.90. The molecule has 27 heavy (non-hydrogen) atoms.